The smallest absolute Gasteiger partial charge is 0.235 e. The van der Waals surface area contributed by atoms with Crippen LogP contribution in [0.15, 0.2) is 42.5 Å². The van der Waals surface area contributed by atoms with Crippen molar-refractivity contribution in [2.45, 2.75) is 31.6 Å². The van der Waals surface area contributed by atoms with Gasteiger partial charge >= 0.3 is 0 Å². The molecule has 2 aliphatic rings. The van der Waals surface area contributed by atoms with Gasteiger partial charge in [0, 0.05) is 11.9 Å². The highest BCUT2D eigenvalue weighted by Gasteiger charge is 2.28. The summed E-state index contributed by atoms with van der Waals surface area (Å²) >= 11 is 0. The van der Waals surface area contributed by atoms with Crippen molar-refractivity contribution >= 4 is 38.3 Å². The van der Waals surface area contributed by atoms with E-state index in [0.29, 0.717) is 35.8 Å². The third kappa shape index (κ3) is 4.22. The summed E-state index contributed by atoms with van der Waals surface area (Å²) in [7, 11) is -3.27. The zero-order chi connectivity index (χ0) is 22.1. The lowest BCUT2D eigenvalue weighted by Gasteiger charge is -2.23. The molecule has 2 saturated heterocycles. The van der Waals surface area contributed by atoms with Crippen molar-refractivity contribution in [1.29, 1.82) is 0 Å². The number of hydrogen-bond donors (Lipinski definition) is 3. The molecule has 1 amide bonds. The summed E-state index contributed by atoms with van der Waals surface area (Å²) in [4.78, 5) is 12.7. The number of anilines is 2. The molecule has 0 bridgehead atoms. The zero-order valence-electron chi connectivity index (χ0n) is 17.8. The molecule has 0 aliphatic carbocycles. The molecule has 2 fully saturated rings. The van der Waals surface area contributed by atoms with Crippen LogP contribution in [-0.2, 0) is 21.2 Å². The number of aromatic nitrogens is 2. The highest BCUT2D eigenvalue weighted by molar-refractivity contribution is 7.93. The third-order valence-corrected chi connectivity index (χ3v) is 8.22. The summed E-state index contributed by atoms with van der Waals surface area (Å²) in [6, 6.07) is 13.6. The maximum absolute atomic E-state index is 12.7. The molecule has 8 nitrogen and oxygen atoms in total. The van der Waals surface area contributed by atoms with E-state index in [1.165, 1.54) is 9.87 Å². The van der Waals surface area contributed by atoms with Gasteiger partial charge in [-0.05, 0) is 67.6 Å². The maximum Gasteiger partial charge on any atom is 0.235 e. The Hall–Kier alpha value is -2.91. The Labute approximate surface area is 187 Å². The van der Waals surface area contributed by atoms with Crippen molar-refractivity contribution in [2.75, 3.05) is 35.0 Å². The van der Waals surface area contributed by atoms with E-state index in [1.54, 1.807) is 18.2 Å². The van der Waals surface area contributed by atoms with E-state index >= 15 is 0 Å². The van der Waals surface area contributed by atoms with E-state index in [1.807, 2.05) is 12.1 Å². The first-order valence-electron chi connectivity index (χ1n) is 11.1. The monoisotopic (exact) mass is 453 g/mol. The highest BCUT2D eigenvalue weighted by Crippen LogP contribution is 2.30. The van der Waals surface area contributed by atoms with Crippen molar-refractivity contribution in [3.8, 4) is 0 Å². The molecule has 32 heavy (non-hydrogen) atoms. The van der Waals surface area contributed by atoms with Gasteiger partial charge in [-0.25, -0.2) is 8.42 Å². The van der Waals surface area contributed by atoms with Gasteiger partial charge < -0.3 is 10.6 Å². The first kappa shape index (κ1) is 21.0. The minimum absolute atomic E-state index is 0.160. The molecule has 0 unspecified atom stereocenters. The summed E-state index contributed by atoms with van der Waals surface area (Å²) in [5.74, 6) is 1.00. The predicted octanol–water partition coefficient (Wildman–Crippen LogP) is 2.75. The average molecular weight is 454 g/mol. The van der Waals surface area contributed by atoms with E-state index in [9.17, 15) is 13.2 Å². The number of carbonyl (C=O) groups excluding carboxylic acids is 1. The number of benzene rings is 2. The van der Waals surface area contributed by atoms with E-state index in [2.05, 4.69) is 33.0 Å². The summed E-state index contributed by atoms with van der Waals surface area (Å²) in [5, 5.41) is 14.1. The number of piperidine rings is 1. The fourth-order valence-corrected chi connectivity index (χ4v) is 6.16. The molecule has 2 aliphatic heterocycles. The van der Waals surface area contributed by atoms with Crippen LogP contribution in [0.4, 0.5) is 11.5 Å². The second-order valence-corrected chi connectivity index (χ2v) is 10.5. The van der Waals surface area contributed by atoms with Crippen LogP contribution in [0.3, 0.4) is 0 Å². The quantitative estimate of drug-likeness (QED) is 0.551. The van der Waals surface area contributed by atoms with Crippen molar-refractivity contribution in [2.24, 2.45) is 0 Å². The third-order valence-electron chi connectivity index (χ3n) is 6.35. The lowest BCUT2D eigenvalue weighted by Crippen LogP contribution is -2.26. The molecule has 3 N–H and O–H groups in total. The van der Waals surface area contributed by atoms with Crippen molar-refractivity contribution in [3.63, 3.8) is 0 Å². The number of nitrogens with zero attached hydrogens (tertiary/aromatic N) is 2. The van der Waals surface area contributed by atoms with E-state index < -0.39 is 10.0 Å². The predicted molar refractivity (Wildman–Crippen MR) is 125 cm³/mol. The molecule has 2 aromatic carbocycles. The van der Waals surface area contributed by atoms with Crippen LogP contribution in [0.5, 0.6) is 0 Å². The van der Waals surface area contributed by atoms with Gasteiger partial charge in [0.15, 0.2) is 5.82 Å². The lowest BCUT2D eigenvalue weighted by atomic mass is 9.89. The van der Waals surface area contributed by atoms with Crippen LogP contribution in [-0.4, -0.2) is 49.9 Å². The Balaban J connectivity index is 1.29. The SMILES string of the molecule is O=C(Cc1ccc(C2CCNCC2)cc1)Nc1n[nH]c2ccc(N3CCCS3(=O)=O)cc12. The minimum Gasteiger partial charge on any atom is -0.317 e. The van der Waals surface area contributed by atoms with Gasteiger partial charge in [-0.2, -0.15) is 5.10 Å². The van der Waals surface area contributed by atoms with Crippen LogP contribution < -0.4 is 14.9 Å². The number of carbonyl (C=O) groups is 1. The maximum atomic E-state index is 12.7. The molecule has 0 spiro atoms. The number of rotatable bonds is 5. The second kappa shape index (κ2) is 8.55. The Bertz CT molecular complexity index is 1230. The molecule has 0 radical (unpaired) electrons. The summed E-state index contributed by atoms with van der Waals surface area (Å²) < 4.78 is 25.9. The summed E-state index contributed by atoms with van der Waals surface area (Å²) in [6.45, 7) is 2.58. The molecule has 5 rings (SSSR count). The Morgan fingerprint density at radius 3 is 2.62 bits per heavy atom. The fraction of sp³-hybridized carbons (Fsp3) is 0.391. The normalized spacial score (nSPS) is 18.8. The molecule has 168 valence electrons. The number of nitrogens with one attached hydrogen (secondary N) is 3. The number of hydrogen-bond acceptors (Lipinski definition) is 5. The van der Waals surface area contributed by atoms with E-state index in [0.717, 1.165) is 37.0 Å². The Morgan fingerprint density at radius 2 is 1.91 bits per heavy atom. The Kier molecular flexibility index (Phi) is 5.60. The van der Waals surface area contributed by atoms with E-state index in [4.69, 9.17) is 0 Å². The van der Waals surface area contributed by atoms with Crippen LogP contribution in [0, 0.1) is 0 Å². The van der Waals surface area contributed by atoms with Crippen LogP contribution in [0.1, 0.15) is 36.3 Å². The van der Waals surface area contributed by atoms with Crippen molar-refractivity contribution in [3.05, 3.63) is 53.6 Å². The van der Waals surface area contributed by atoms with Gasteiger partial charge in [0.1, 0.15) is 0 Å². The average Bonchev–Trinajstić information content (AvgIpc) is 3.36. The molecule has 3 heterocycles. The van der Waals surface area contributed by atoms with Gasteiger partial charge in [0.25, 0.3) is 0 Å². The summed E-state index contributed by atoms with van der Waals surface area (Å²) in [5.41, 5.74) is 3.62. The van der Waals surface area contributed by atoms with Gasteiger partial charge in [-0.15, -0.1) is 0 Å². The molecular formula is C23H27N5O3S. The van der Waals surface area contributed by atoms with Crippen molar-refractivity contribution < 1.29 is 13.2 Å². The lowest BCUT2D eigenvalue weighted by molar-refractivity contribution is -0.115. The van der Waals surface area contributed by atoms with Gasteiger partial charge in [-0.1, -0.05) is 24.3 Å². The van der Waals surface area contributed by atoms with E-state index in [-0.39, 0.29) is 18.1 Å². The van der Waals surface area contributed by atoms with Crippen molar-refractivity contribution in [1.82, 2.24) is 15.5 Å². The molecule has 0 atom stereocenters. The first-order valence-corrected chi connectivity index (χ1v) is 12.7. The summed E-state index contributed by atoms with van der Waals surface area (Å²) in [6.07, 6.45) is 3.16. The standard InChI is InChI=1S/C23H27N5O3S/c29-22(14-16-2-4-17(5-3-16)18-8-10-24-11-9-18)25-23-20-15-19(6-7-21(20)26-27-23)28-12-1-13-32(28,30)31/h2-7,15,18,24H,1,8-14H2,(H2,25,26,27,29). The Morgan fingerprint density at radius 1 is 1.12 bits per heavy atom. The molecule has 0 saturated carbocycles. The van der Waals surface area contributed by atoms with Crippen LogP contribution >= 0.6 is 0 Å². The largest absolute Gasteiger partial charge is 0.317 e. The number of sulfonamides is 1. The van der Waals surface area contributed by atoms with Crippen LogP contribution in [0.2, 0.25) is 0 Å². The highest BCUT2D eigenvalue weighted by atomic mass is 32.2. The van der Waals surface area contributed by atoms with Gasteiger partial charge in [0.05, 0.1) is 23.4 Å². The molecule has 9 heteroatoms. The number of amides is 1. The number of aromatic amines is 1. The van der Waals surface area contributed by atoms with Crippen LogP contribution in [0.25, 0.3) is 10.9 Å². The molecule has 3 aromatic rings. The zero-order valence-corrected chi connectivity index (χ0v) is 18.6. The van der Waals surface area contributed by atoms with Gasteiger partial charge in [0.2, 0.25) is 15.9 Å². The minimum atomic E-state index is -3.27. The number of H-pyrrole nitrogens is 1. The first-order chi connectivity index (χ1) is 15.5. The topological polar surface area (TPSA) is 107 Å². The fourth-order valence-electron chi connectivity index (χ4n) is 4.61. The number of fused-ring (bicyclic) bond motifs is 1. The second-order valence-electron chi connectivity index (χ2n) is 8.53. The molecule has 1 aromatic heterocycles. The van der Waals surface area contributed by atoms with Gasteiger partial charge in [-0.3, -0.25) is 14.2 Å². The molecular weight excluding hydrogens is 426 g/mol.